The minimum absolute atomic E-state index is 0.261. The summed E-state index contributed by atoms with van der Waals surface area (Å²) in [6.07, 6.45) is 5.21. The molecule has 1 nitrogen and oxygen atoms in total. The van der Waals surface area contributed by atoms with E-state index in [2.05, 4.69) is 69.7 Å². The fraction of sp³-hybridized carbons (Fsp3) is 0.455. The van der Waals surface area contributed by atoms with Gasteiger partial charge in [-0.2, -0.15) is 0 Å². The molecule has 3 aliphatic carbocycles. The number of benzene rings is 2. The topological polar surface area (TPSA) is 0 Å². The Hall–Kier alpha value is -1.60. The molecule has 0 saturated carbocycles. The van der Waals surface area contributed by atoms with Crippen molar-refractivity contribution in [2.24, 2.45) is 0 Å². The molecule has 23 heavy (non-hydrogen) atoms. The van der Waals surface area contributed by atoms with Gasteiger partial charge in [0.2, 0.25) is 0 Å². The maximum absolute atomic E-state index is 2.41. The standard InChI is InChI=1S/C22H28N/c1-23(2,3)16-8-14-22-15-13-17(18-9-4-6-11-20(18)22)19-10-5-7-12-21(19)22/h4-7,9-12,17H,8,13-16H2,1-3H3/q+1. The van der Waals surface area contributed by atoms with E-state index in [1.807, 2.05) is 0 Å². The van der Waals surface area contributed by atoms with Gasteiger partial charge in [0.15, 0.2) is 0 Å². The number of hydrogen-bond donors (Lipinski definition) is 0. The number of fused-ring (bicyclic) bond motifs is 1. The summed E-state index contributed by atoms with van der Waals surface area (Å²) in [5, 5.41) is 0. The molecular formula is C22H28N+. The SMILES string of the molecule is C[N+](C)(C)CCCC12CCC(c3ccccc31)c1ccccc12. The lowest BCUT2D eigenvalue weighted by Gasteiger charge is -2.50. The molecule has 3 aliphatic rings. The van der Waals surface area contributed by atoms with Crippen molar-refractivity contribution in [2.75, 3.05) is 27.7 Å². The highest BCUT2D eigenvalue weighted by atomic mass is 15.3. The van der Waals surface area contributed by atoms with Crippen LogP contribution in [0.25, 0.3) is 0 Å². The monoisotopic (exact) mass is 306 g/mol. The highest BCUT2D eigenvalue weighted by Crippen LogP contribution is 2.57. The zero-order valence-electron chi connectivity index (χ0n) is 14.7. The van der Waals surface area contributed by atoms with Gasteiger partial charge in [0.05, 0.1) is 27.7 Å². The molecule has 1 heteroatoms. The quantitative estimate of drug-likeness (QED) is 0.718. The zero-order chi connectivity index (χ0) is 16.1. The Balaban J connectivity index is 1.79. The van der Waals surface area contributed by atoms with Gasteiger partial charge in [-0.1, -0.05) is 48.5 Å². The van der Waals surface area contributed by atoms with E-state index in [-0.39, 0.29) is 5.41 Å². The van der Waals surface area contributed by atoms with E-state index in [0.29, 0.717) is 5.92 Å². The van der Waals surface area contributed by atoms with Gasteiger partial charge in [0.1, 0.15) is 0 Å². The van der Waals surface area contributed by atoms with E-state index < -0.39 is 0 Å². The van der Waals surface area contributed by atoms with E-state index in [0.717, 1.165) is 4.48 Å². The van der Waals surface area contributed by atoms with Crippen LogP contribution < -0.4 is 0 Å². The average Bonchev–Trinajstić information content (AvgIpc) is 2.55. The van der Waals surface area contributed by atoms with Crippen LogP contribution in [0.5, 0.6) is 0 Å². The summed E-state index contributed by atoms with van der Waals surface area (Å²) in [4.78, 5) is 0. The average molecular weight is 306 g/mol. The summed E-state index contributed by atoms with van der Waals surface area (Å²) in [6.45, 7) is 1.25. The molecule has 0 spiro atoms. The molecule has 0 aliphatic heterocycles. The molecule has 120 valence electrons. The van der Waals surface area contributed by atoms with E-state index in [4.69, 9.17) is 0 Å². The van der Waals surface area contributed by atoms with Crippen LogP contribution in [0, 0.1) is 0 Å². The van der Waals surface area contributed by atoms with Crippen LogP contribution >= 0.6 is 0 Å². The molecule has 0 saturated heterocycles. The first-order chi connectivity index (χ1) is 11.0. The predicted molar refractivity (Wildman–Crippen MR) is 96.9 cm³/mol. The molecule has 2 aromatic carbocycles. The van der Waals surface area contributed by atoms with Gasteiger partial charge in [0.25, 0.3) is 0 Å². The van der Waals surface area contributed by atoms with Crippen molar-refractivity contribution < 1.29 is 4.48 Å². The Morgan fingerprint density at radius 3 is 2.04 bits per heavy atom. The number of rotatable bonds is 4. The third-order valence-electron chi connectivity index (χ3n) is 6.00. The summed E-state index contributed by atoms with van der Waals surface area (Å²) >= 11 is 0. The van der Waals surface area contributed by atoms with Crippen molar-refractivity contribution in [2.45, 2.75) is 37.0 Å². The smallest absolute Gasteiger partial charge is 0.0780 e. The van der Waals surface area contributed by atoms with Gasteiger partial charge in [0, 0.05) is 11.3 Å². The first-order valence-corrected chi connectivity index (χ1v) is 9.01. The molecular weight excluding hydrogens is 278 g/mol. The van der Waals surface area contributed by atoms with Crippen LogP contribution in [0.2, 0.25) is 0 Å². The molecule has 0 unspecified atom stereocenters. The lowest BCUT2D eigenvalue weighted by atomic mass is 9.54. The highest BCUT2D eigenvalue weighted by molar-refractivity contribution is 5.58. The maximum Gasteiger partial charge on any atom is 0.0780 e. The molecule has 0 fully saturated rings. The molecule has 2 bridgehead atoms. The number of quaternary nitrogens is 1. The number of hydrogen-bond acceptors (Lipinski definition) is 0. The van der Waals surface area contributed by atoms with Crippen molar-refractivity contribution >= 4 is 0 Å². The Kier molecular flexibility index (Phi) is 3.39. The lowest BCUT2D eigenvalue weighted by molar-refractivity contribution is -0.870. The van der Waals surface area contributed by atoms with Gasteiger partial charge in [-0.15, -0.1) is 0 Å². The molecule has 0 atom stereocenters. The molecule has 5 rings (SSSR count). The maximum atomic E-state index is 2.41. The van der Waals surface area contributed by atoms with Crippen molar-refractivity contribution in [3.05, 3.63) is 70.8 Å². The van der Waals surface area contributed by atoms with E-state index >= 15 is 0 Å². The van der Waals surface area contributed by atoms with Crippen LogP contribution in [0.4, 0.5) is 0 Å². The molecule has 0 aromatic heterocycles. The molecule has 2 aromatic rings. The fourth-order valence-corrected chi connectivity index (χ4v) is 5.01. The van der Waals surface area contributed by atoms with Crippen molar-refractivity contribution in [1.29, 1.82) is 0 Å². The normalized spacial score (nSPS) is 25.1. The Bertz CT molecular complexity index is 675. The van der Waals surface area contributed by atoms with Crippen LogP contribution in [0.3, 0.4) is 0 Å². The number of nitrogens with zero attached hydrogens (tertiary/aromatic N) is 1. The van der Waals surface area contributed by atoms with Crippen LogP contribution in [-0.4, -0.2) is 32.2 Å². The Labute approximate surface area is 140 Å². The van der Waals surface area contributed by atoms with E-state index in [1.54, 1.807) is 22.3 Å². The van der Waals surface area contributed by atoms with Gasteiger partial charge >= 0.3 is 0 Å². The molecule has 0 radical (unpaired) electrons. The minimum Gasteiger partial charge on any atom is -0.331 e. The van der Waals surface area contributed by atoms with Crippen molar-refractivity contribution in [3.63, 3.8) is 0 Å². The summed E-state index contributed by atoms with van der Waals surface area (Å²) in [7, 11) is 6.91. The Morgan fingerprint density at radius 2 is 1.48 bits per heavy atom. The summed E-state index contributed by atoms with van der Waals surface area (Å²) in [6, 6.07) is 18.5. The fourth-order valence-electron chi connectivity index (χ4n) is 5.01. The van der Waals surface area contributed by atoms with Crippen molar-refractivity contribution in [3.8, 4) is 0 Å². The van der Waals surface area contributed by atoms with E-state index in [1.165, 1.54) is 32.2 Å². The van der Waals surface area contributed by atoms with Crippen LogP contribution in [0.15, 0.2) is 48.5 Å². The van der Waals surface area contributed by atoms with E-state index in [9.17, 15) is 0 Å². The first-order valence-electron chi connectivity index (χ1n) is 9.01. The summed E-state index contributed by atoms with van der Waals surface area (Å²) in [5.74, 6) is 0.627. The Morgan fingerprint density at radius 1 is 0.913 bits per heavy atom. The highest BCUT2D eigenvalue weighted by Gasteiger charge is 2.47. The lowest BCUT2D eigenvalue weighted by Crippen LogP contribution is -2.42. The summed E-state index contributed by atoms with van der Waals surface area (Å²) < 4.78 is 1.06. The third kappa shape index (κ3) is 2.33. The van der Waals surface area contributed by atoms with Gasteiger partial charge in [-0.25, -0.2) is 0 Å². The predicted octanol–water partition coefficient (Wildman–Crippen LogP) is 4.70. The summed E-state index contributed by atoms with van der Waals surface area (Å²) in [5.41, 5.74) is 6.70. The second-order valence-electron chi connectivity index (χ2n) is 8.47. The molecule has 0 amide bonds. The zero-order valence-corrected chi connectivity index (χ0v) is 14.7. The third-order valence-corrected chi connectivity index (χ3v) is 6.00. The second kappa shape index (κ2) is 5.21. The minimum atomic E-state index is 0.261. The first kappa shape index (κ1) is 15.0. The largest absolute Gasteiger partial charge is 0.331 e. The van der Waals surface area contributed by atoms with Crippen LogP contribution in [-0.2, 0) is 5.41 Å². The second-order valence-corrected chi connectivity index (χ2v) is 8.47. The van der Waals surface area contributed by atoms with Gasteiger partial charge in [-0.3, -0.25) is 0 Å². The van der Waals surface area contributed by atoms with Crippen molar-refractivity contribution in [1.82, 2.24) is 0 Å². The molecule has 0 heterocycles. The van der Waals surface area contributed by atoms with Gasteiger partial charge < -0.3 is 4.48 Å². The van der Waals surface area contributed by atoms with Gasteiger partial charge in [-0.05, 0) is 47.9 Å². The molecule has 0 N–H and O–H groups in total. The van der Waals surface area contributed by atoms with Crippen LogP contribution in [0.1, 0.15) is 53.9 Å².